The number of nitrogens with one attached hydrogen (secondary N) is 1. The van der Waals surface area contributed by atoms with Crippen molar-refractivity contribution in [3.8, 4) is 0 Å². The zero-order valence-electron chi connectivity index (χ0n) is 11.6. The van der Waals surface area contributed by atoms with E-state index in [9.17, 15) is 18.8 Å². The molecule has 2 rings (SSSR count). The summed E-state index contributed by atoms with van der Waals surface area (Å²) in [7, 11) is 0. The molecule has 2 atom stereocenters. The third kappa shape index (κ3) is 3.60. The molecule has 1 aromatic carbocycles. The van der Waals surface area contributed by atoms with Gasteiger partial charge in [0.25, 0.3) is 0 Å². The summed E-state index contributed by atoms with van der Waals surface area (Å²) in [6.45, 7) is 3.09. The Morgan fingerprint density at radius 1 is 1.19 bits per heavy atom. The minimum absolute atomic E-state index is 0.329. The Balaban J connectivity index is 2.02. The zero-order valence-corrected chi connectivity index (χ0v) is 12.4. The van der Waals surface area contributed by atoms with Crippen molar-refractivity contribution in [2.45, 2.75) is 24.3 Å². The van der Waals surface area contributed by atoms with Gasteiger partial charge in [0.15, 0.2) is 0 Å². The van der Waals surface area contributed by atoms with Crippen LogP contribution in [0.15, 0.2) is 24.3 Å². The number of carbonyl (C=O) groups is 3. The van der Waals surface area contributed by atoms with Gasteiger partial charge >= 0.3 is 0 Å². The molecule has 1 fully saturated rings. The summed E-state index contributed by atoms with van der Waals surface area (Å²) >= 11 is 1.28. The number of thioether (sulfide) groups is 1. The number of nitrogens with zero attached hydrogens (tertiary/aromatic N) is 1. The van der Waals surface area contributed by atoms with Gasteiger partial charge in [0.05, 0.1) is 10.5 Å². The second-order valence-electron chi connectivity index (χ2n) is 4.74. The van der Waals surface area contributed by atoms with Crippen molar-refractivity contribution >= 4 is 35.2 Å². The van der Waals surface area contributed by atoms with Crippen LogP contribution in [0.5, 0.6) is 0 Å². The van der Waals surface area contributed by atoms with Crippen LogP contribution in [0.3, 0.4) is 0 Å². The van der Waals surface area contributed by atoms with E-state index < -0.39 is 11.7 Å². The molecule has 1 saturated heterocycles. The summed E-state index contributed by atoms with van der Waals surface area (Å²) in [6, 6.07) is 5.25. The number of rotatable bonds is 3. The Morgan fingerprint density at radius 3 is 2.24 bits per heavy atom. The van der Waals surface area contributed by atoms with Gasteiger partial charge in [-0.3, -0.25) is 19.3 Å². The number of anilines is 1. The molecule has 5 nitrogen and oxygen atoms in total. The first-order valence-electron chi connectivity index (χ1n) is 6.44. The van der Waals surface area contributed by atoms with Gasteiger partial charge in [-0.15, -0.1) is 11.8 Å². The van der Waals surface area contributed by atoms with Gasteiger partial charge in [-0.2, -0.15) is 0 Å². The van der Waals surface area contributed by atoms with Gasteiger partial charge in [-0.1, -0.05) is 0 Å². The summed E-state index contributed by atoms with van der Waals surface area (Å²) in [5, 5.41) is 1.83. The lowest BCUT2D eigenvalue weighted by atomic mass is 10.3. The quantitative estimate of drug-likeness (QED) is 0.862. The predicted molar refractivity (Wildman–Crippen MR) is 78.3 cm³/mol. The highest BCUT2D eigenvalue weighted by Crippen LogP contribution is 2.26. The van der Waals surface area contributed by atoms with Crippen LogP contribution in [0, 0.1) is 5.82 Å². The lowest BCUT2D eigenvalue weighted by molar-refractivity contribution is -0.147. The first-order valence-corrected chi connectivity index (χ1v) is 7.39. The Kier molecular flexibility index (Phi) is 4.62. The van der Waals surface area contributed by atoms with Crippen molar-refractivity contribution in [2.24, 2.45) is 0 Å². The Hall–Kier alpha value is -1.89. The predicted octanol–water partition coefficient (Wildman–Crippen LogP) is 1.64. The second-order valence-corrected chi connectivity index (χ2v) is 6.42. The molecule has 3 amide bonds. The Bertz CT molecular complexity index is 556. The largest absolute Gasteiger partial charge is 0.325 e. The van der Waals surface area contributed by atoms with E-state index in [4.69, 9.17) is 0 Å². The van der Waals surface area contributed by atoms with E-state index in [-0.39, 0.29) is 28.9 Å². The highest BCUT2D eigenvalue weighted by molar-refractivity contribution is 8.02. The molecular formula is C14H15FN2O3S. The van der Waals surface area contributed by atoms with Crippen molar-refractivity contribution < 1.29 is 18.8 Å². The van der Waals surface area contributed by atoms with E-state index in [0.29, 0.717) is 5.69 Å². The van der Waals surface area contributed by atoms with Crippen LogP contribution in [0.1, 0.15) is 13.8 Å². The van der Waals surface area contributed by atoms with Gasteiger partial charge in [-0.25, -0.2) is 4.39 Å². The SMILES string of the molecule is C[C@@H]1S[C@H](C)C(=O)N(CC(=O)Nc2ccc(F)cc2)C1=O. The molecule has 1 aliphatic rings. The first kappa shape index (κ1) is 15.5. The normalized spacial score (nSPS) is 22.3. The maximum Gasteiger partial charge on any atom is 0.244 e. The molecule has 0 spiro atoms. The molecule has 0 saturated carbocycles. The lowest BCUT2D eigenvalue weighted by Crippen LogP contribution is -2.52. The van der Waals surface area contributed by atoms with E-state index in [1.807, 2.05) is 0 Å². The molecule has 0 radical (unpaired) electrons. The highest BCUT2D eigenvalue weighted by atomic mass is 32.2. The third-order valence-corrected chi connectivity index (χ3v) is 4.29. The van der Waals surface area contributed by atoms with E-state index in [0.717, 1.165) is 4.90 Å². The number of halogens is 1. The van der Waals surface area contributed by atoms with Crippen molar-refractivity contribution in [3.05, 3.63) is 30.1 Å². The minimum atomic E-state index is -0.491. The number of hydrogen-bond donors (Lipinski definition) is 1. The minimum Gasteiger partial charge on any atom is -0.325 e. The fraction of sp³-hybridized carbons (Fsp3) is 0.357. The van der Waals surface area contributed by atoms with Crippen molar-refractivity contribution in [1.29, 1.82) is 0 Å². The number of carbonyl (C=O) groups excluding carboxylic acids is 3. The van der Waals surface area contributed by atoms with E-state index >= 15 is 0 Å². The van der Waals surface area contributed by atoms with Crippen LogP contribution in [0.25, 0.3) is 0 Å². The summed E-state index contributed by atoms with van der Waals surface area (Å²) in [6.07, 6.45) is 0. The molecule has 1 heterocycles. The molecule has 1 aliphatic heterocycles. The van der Waals surface area contributed by atoms with Crippen molar-refractivity contribution in [2.75, 3.05) is 11.9 Å². The molecule has 1 N–H and O–H groups in total. The highest BCUT2D eigenvalue weighted by Gasteiger charge is 2.37. The monoisotopic (exact) mass is 310 g/mol. The summed E-state index contributed by atoms with van der Waals surface area (Å²) in [5.74, 6) is -1.63. The lowest BCUT2D eigenvalue weighted by Gasteiger charge is -2.31. The van der Waals surface area contributed by atoms with Gasteiger partial charge in [0.1, 0.15) is 12.4 Å². The van der Waals surface area contributed by atoms with Crippen LogP contribution in [-0.2, 0) is 14.4 Å². The molecule has 0 aromatic heterocycles. The topological polar surface area (TPSA) is 66.5 Å². The van der Waals surface area contributed by atoms with E-state index in [2.05, 4.69) is 5.32 Å². The van der Waals surface area contributed by atoms with Crippen LogP contribution in [0.2, 0.25) is 0 Å². The second kappa shape index (κ2) is 6.26. The van der Waals surface area contributed by atoms with Crippen LogP contribution in [-0.4, -0.2) is 39.7 Å². The van der Waals surface area contributed by atoms with E-state index in [1.165, 1.54) is 36.0 Å². The number of imide groups is 1. The maximum absolute atomic E-state index is 12.8. The summed E-state index contributed by atoms with van der Waals surface area (Å²) in [4.78, 5) is 36.8. The van der Waals surface area contributed by atoms with Gasteiger partial charge in [0.2, 0.25) is 17.7 Å². The van der Waals surface area contributed by atoms with Crippen LogP contribution < -0.4 is 5.32 Å². The molecule has 21 heavy (non-hydrogen) atoms. The standard InChI is InChI=1S/C14H15FN2O3S/c1-8-13(19)17(14(20)9(2)21-8)7-12(18)16-11-5-3-10(15)4-6-11/h3-6,8-9H,7H2,1-2H3,(H,16,18)/t8-,9+. The number of hydrogen-bond acceptors (Lipinski definition) is 4. The van der Waals surface area contributed by atoms with Crippen molar-refractivity contribution in [3.63, 3.8) is 0 Å². The molecule has 0 aliphatic carbocycles. The van der Waals surface area contributed by atoms with Crippen LogP contribution in [0.4, 0.5) is 10.1 Å². The molecule has 1 aromatic rings. The molecular weight excluding hydrogens is 295 g/mol. The summed E-state index contributed by atoms with van der Waals surface area (Å²) < 4.78 is 12.8. The van der Waals surface area contributed by atoms with Gasteiger partial charge < -0.3 is 5.32 Å². The average molecular weight is 310 g/mol. The van der Waals surface area contributed by atoms with Gasteiger partial charge in [0, 0.05) is 5.69 Å². The number of benzene rings is 1. The third-order valence-electron chi connectivity index (χ3n) is 3.07. The fourth-order valence-corrected chi connectivity index (χ4v) is 3.10. The smallest absolute Gasteiger partial charge is 0.244 e. The molecule has 0 unspecified atom stereocenters. The molecule has 0 bridgehead atoms. The summed E-state index contributed by atoms with van der Waals surface area (Å²) in [5.41, 5.74) is 0.411. The van der Waals surface area contributed by atoms with E-state index in [1.54, 1.807) is 13.8 Å². The number of amides is 3. The van der Waals surface area contributed by atoms with Crippen LogP contribution >= 0.6 is 11.8 Å². The Morgan fingerprint density at radius 2 is 1.71 bits per heavy atom. The van der Waals surface area contributed by atoms with Crippen molar-refractivity contribution in [1.82, 2.24) is 4.90 Å². The maximum atomic E-state index is 12.8. The molecule has 7 heteroatoms. The fourth-order valence-electron chi connectivity index (χ4n) is 2.00. The molecule has 112 valence electrons. The average Bonchev–Trinajstić information content (AvgIpc) is 2.44. The Labute approximate surface area is 125 Å². The zero-order chi connectivity index (χ0) is 15.6. The first-order chi connectivity index (χ1) is 9.88. The van der Waals surface area contributed by atoms with Gasteiger partial charge in [-0.05, 0) is 38.1 Å².